The van der Waals surface area contributed by atoms with Crippen molar-refractivity contribution in [2.24, 2.45) is 0 Å². The Labute approximate surface area is 109 Å². The van der Waals surface area contributed by atoms with Crippen molar-refractivity contribution in [2.75, 3.05) is 0 Å². The van der Waals surface area contributed by atoms with Crippen molar-refractivity contribution in [1.29, 1.82) is 0 Å². The molecule has 0 spiro atoms. The summed E-state index contributed by atoms with van der Waals surface area (Å²) < 4.78 is 31.8. The molecule has 0 aliphatic carbocycles. The first-order chi connectivity index (χ1) is 9.01. The first-order valence-corrected chi connectivity index (χ1v) is 5.74. The first kappa shape index (κ1) is 13.1. The quantitative estimate of drug-likeness (QED) is 0.489. The standard InChI is InChI=1S/C11H5F2NO4S/c12-8-3-11(9(13)2-10(8)14(16)17)18-6-1-7(4-15)19-5-6/h1-5H. The van der Waals surface area contributed by atoms with E-state index in [1.165, 1.54) is 11.4 Å². The van der Waals surface area contributed by atoms with Crippen LogP contribution in [0.5, 0.6) is 11.5 Å². The summed E-state index contributed by atoms with van der Waals surface area (Å²) in [7, 11) is 0. The molecule has 0 saturated heterocycles. The summed E-state index contributed by atoms with van der Waals surface area (Å²) in [5, 5.41) is 11.8. The van der Waals surface area contributed by atoms with E-state index in [-0.39, 0.29) is 5.75 Å². The number of hydrogen-bond acceptors (Lipinski definition) is 5. The summed E-state index contributed by atoms with van der Waals surface area (Å²) in [5.74, 6) is -2.60. The SMILES string of the molecule is O=Cc1cc(Oc2cc(F)c([N+](=O)[O-])cc2F)cs1. The summed E-state index contributed by atoms with van der Waals surface area (Å²) >= 11 is 1.07. The van der Waals surface area contributed by atoms with E-state index >= 15 is 0 Å². The zero-order valence-electron chi connectivity index (χ0n) is 9.13. The van der Waals surface area contributed by atoms with Gasteiger partial charge >= 0.3 is 5.69 Å². The molecular weight excluding hydrogens is 280 g/mol. The van der Waals surface area contributed by atoms with Crippen molar-refractivity contribution in [3.05, 3.63) is 50.2 Å². The van der Waals surface area contributed by atoms with E-state index in [0.717, 1.165) is 11.3 Å². The average molecular weight is 285 g/mol. The van der Waals surface area contributed by atoms with E-state index < -0.39 is 28.0 Å². The van der Waals surface area contributed by atoms with Gasteiger partial charge in [-0.1, -0.05) is 0 Å². The predicted molar refractivity (Wildman–Crippen MR) is 62.8 cm³/mol. The number of nitrogens with zero attached hydrogens (tertiary/aromatic N) is 1. The molecule has 0 atom stereocenters. The molecule has 0 unspecified atom stereocenters. The molecule has 0 radical (unpaired) electrons. The van der Waals surface area contributed by atoms with E-state index in [2.05, 4.69) is 0 Å². The van der Waals surface area contributed by atoms with E-state index in [9.17, 15) is 23.7 Å². The molecular formula is C11H5F2NO4S. The fourth-order valence-corrected chi connectivity index (χ4v) is 1.92. The Bertz CT molecular complexity index is 656. The van der Waals surface area contributed by atoms with Crippen LogP contribution in [0, 0.1) is 21.7 Å². The molecule has 8 heteroatoms. The van der Waals surface area contributed by atoms with Gasteiger partial charge in [-0.15, -0.1) is 11.3 Å². The molecule has 0 amide bonds. The molecule has 0 fully saturated rings. The van der Waals surface area contributed by atoms with Crippen molar-refractivity contribution < 1.29 is 23.2 Å². The zero-order valence-corrected chi connectivity index (χ0v) is 9.95. The number of benzene rings is 1. The highest BCUT2D eigenvalue weighted by Crippen LogP contribution is 2.31. The lowest BCUT2D eigenvalue weighted by Gasteiger charge is -2.04. The first-order valence-electron chi connectivity index (χ1n) is 4.86. The van der Waals surface area contributed by atoms with Gasteiger partial charge in [0.05, 0.1) is 15.9 Å². The number of nitro groups is 1. The Morgan fingerprint density at radius 1 is 1.26 bits per heavy atom. The maximum Gasteiger partial charge on any atom is 0.307 e. The molecule has 0 aliphatic heterocycles. The van der Waals surface area contributed by atoms with E-state index in [0.29, 0.717) is 23.3 Å². The van der Waals surface area contributed by atoms with Gasteiger partial charge in [0.25, 0.3) is 0 Å². The minimum atomic E-state index is -1.20. The van der Waals surface area contributed by atoms with Crippen LogP contribution in [-0.2, 0) is 0 Å². The van der Waals surface area contributed by atoms with Crippen LogP contribution < -0.4 is 4.74 Å². The summed E-state index contributed by atoms with van der Waals surface area (Å²) in [5.41, 5.74) is -0.969. The molecule has 1 aromatic heterocycles. The average Bonchev–Trinajstić information content (AvgIpc) is 2.80. The fraction of sp³-hybridized carbons (Fsp3) is 0. The Kier molecular flexibility index (Phi) is 3.52. The molecule has 0 saturated carbocycles. The lowest BCUT2D eigenvalue weighted by Crippen LogP contribution is -1.96. The van der Waals surface area contributed by atoms with Gasteiger partial charge in [0.1, 0.15) is 5.75 Å². The van der Waals surface area contributed by atoms with Crippen LogP contribution in [0.25, 0.3) is 0 Å². The molecule has 2 rings (SSSR count). The summed E-state index contributed by atoms with van der Waals surface area (Å²) in [6.07, 6.45) is 0.588. The molecule has 19 heavy (non-hydrogen) atoms. The Balaban J connectivity index is 2.33. The third kappa shape index (κ3) is 2.74. The van der Waals surface area contributed by atoms with Gasteiger partial charge in [0, 0.05) is 17.5 Å². The minimum absolute atomic E-state index is 0.152. The number of carbonyl (C=O) groups excluding carboxylic acids is 1. The maximum atomic E-state index is 13.5. The third-order valence-corrected chi connectivity index (χ3v) is 2.97. The van der Waals surface area contributed by atoms with Crippen LogP contribution >= 0.6 is 11.3 Å². The van der Waals surface area contributed by atoms with Gasteiger partial charge in [0.15, 0.2) is 17.9 Å². The van der Waals surface area contributed by atoms with Gasteiger partial charge in [-0.25, -0.2) is 4.39 Å². The molecule has 0 aliphatic rings. The van der Waals surface area contributed by atoms with Crippen molar-refractivity contribution >= 4 is 23.3 Å². The van der Waals surface area contributed by atoms with Gasteiger partial charge in [-0.3, -0.25) is 14.9 Å². The highest BCUT2D eigenvalue weighted by atomic mass is 32.1. The smallest absolute Gasteiger partial charge is 0.307 e. The van der Waals surface area contributed by atoms with E-state index in [1.807, 2.05) is 0 Å². The number of hydrogen-bond donors (Lipinski definition) is 0. The number of thiophene rings is 1. The Morgan fingerprint density at radius 3 is 2.58 bits per heavy atom. The normalized spacial score (nSPS) is 10.2. The van der Waals surface area contributed by atoms with Crippen molar-refractivity contribution in [3.63, 3.8) is 0 Å². The zero-order chi connectivity index (χ0) is 14.0. The van der Waals surface area contributed by atoms with Gasteiger partial charge in [-0.05, 0) is 0 Å². The van der Waals surface area contributed by atoms with Crippen molar-refractivity contribution in [2.45, 2.75) is 0 Å². The summed E-state index contributed by atoms with van der Waals surface area (Å²) in [4.78, 5) is 20.2. The number of carbonyl (C=O) groups is 1. The second-order valence-corrected chi connectivity index (χ2v) is 4.34. The largest absolute Gasteiger partial charge is 0.453 e. The second kappa shape index (κ2) is 5.11. The predicted octanol–water partition coefficient (Wildman–Crippen LogP) is 3.54. The molecule has 2 aromatic rings. The van der Waals surface area contributed by atoms with E-state index in [4.69, 9.17) is 4.74 Å². The lowest BCUT2D eigenvalue weighted by atomic mass is 10.3. The lowest BCUT2D eigenvalue weighted by molar-refractivity contribution is -0.387. The molecule has 98 valence electrons. The number of rotatable bonds is 4. The van der Waals surface area contributed by atoms with Crippen LogP contribution in [0.3, 0.4) is 0 Å². The molecule has 5 nitrogen and oxygen atoms in total. The summed E-state index contributed by atoms with van der Waals surface area (Å²) in [6.45, 7) is 0. The molecule has 0 bridgehead atoms. The van der Waals surface area contributed by atoms with Crippen molar-refractivity contribution in [3.8, 4) is 11.5 Å². The highest BCUT2D eigenvalue weighted by Gasteiger charge is 2.19. The topological polar surface area (TPSA) is 69.4 Å². The van der Waals surface area contributed by atoms with Gasteiger partial charge in [0.2, 0.25) is 5.82 Å². The van der Waals surface area contributed by atoms with Crippen LogP contribution in [-0.4, -0.2) is 11.2 Å². The van der Waals surface area contributed by atoms with Crippen LogP contribution in [0.2, 0.25) is 0 Å². The molecule has 1 aromatic carbocycles. The van der Waals surface area contributed by atoms with E-state index in [1.54, 1.807) is 0 Å². The maximum absolute atomic E-state index is 13.5. The number of nitro benzene ring substituents is 1. The molecule has 0 N–H and O–H groups in total. The summed E-state index contributed by atoms with van der Waals surface area (Å²) in [6, 6.07) is 2.37. The van der Waals surface area contributed by atoms with Gasteiger partial charge in [-0.2, -0.15) is 4.39 Å². The fourth-order valence-electron chi connectivity index (χ4n) is 1.31. The van der Waals surface area contributed by atoms with Crippen LogP contribution in [0.4, 0.5) is 14.5 Å². The Morgan fingerprint density at radius 2 is 2.00 bits per heavy atom. The van der Waals surface area contributed by atoms with Gasteiger partial charge < -0.3 is 4.74 Å². The monoisotopic (exact) mass is 285 g/mol. The Hall–Kier alpha value is -2.35. The van der Waals surface area contributed by atoms with Crippen LogP contribution in [0.15, 0.2) is 23.6 Å². The second-order valence-electron chi connectivity index (χ2n) is 3.40. The van der Waals surface area contributed by atoms with Crippen LogP contribution in [0.1, 0.15) is 9.67 Å². The number of ether oxygens (including phenoxy) is 1. The third-order valence-electron chi connectivity index (χ3n) is 2.14. The minimum Gasteiger partial charge on any atom is -0.453 e. The number of halogens is 2. The molecule has 1 heterocycles. The van der Waals surface area contributed by atoms with Crippen molar-refractivity contribution in [1.82, 2.24) is 0 Å². The number of aldehydes is 1. The highest BCUT2D eigenvalue weighted by molar-refractivity contribution is 7.11.